The Labute approximate surface area is 151 Å². The number of aromatic nitrogens is 3. The third-order valence-corrected chi connectivity index (χ3v) is 3.89. The maximum absolute atomic E-state index is 12.8. The van der Waals surface area contributed by atoms with Gasteiger partial charge in [-0.05, 0) is 49.7 Å². The summed E-state index contributed by atoms with van der Waals surface area (Å²) in [5, 5.41) is 9.73. The molecule has 0 unspecified atom stereocenters. The van der Waals surface area contributed by atoms with Crippen LogP contribution < -0.4 is 10.6 Å². The monoisotopic (exact) mass is 349 g/mol. The molecule has 0 saturated heterocycles. The molecule has 1 heterocycles. The van der Waals surface area contributed by atoms with E-state index in [1.165, 1.54) is 6.33 Å². The van der Waals surface area contributed by atoms with Crippen molar-refractivity contribution in [3.8, 4) is 5.69 Å². The van der Waals surface area contributed by atoms with Gasteiger partial charge in [-0.3, -0.25) is 9.59 Å². The lowest BCUT2D eigenvalue weighted by Gasteiger charge is -2.12. The van der Waals surface area contributed by atoms with Crippen LogP contribution in [0.3, 0.4) is 0 Å². The van der Waals surface area contributed by atoms with Crippen LogP contribution in [0, 0.1) is 6.92 Å². The molecule has 0 aliphatic rings. The van der Waals surface area contributed by atoms with E-state index in [1.807, 2.05) is 19.9 Å². The molecule has 2 amide bonds. The predicted octanol–water partition coefficient (Wildman–Crippen LogP) is 2.58. The average molecular weight is 349 g/mol. The number of amides is 2. The number of carbonyl (C=O) groups is 2. The van der Waals surface area contributed by atoms with Gasteiger partial charge in [-0.2, -0.15) is 5.10 Å². The van der Waals surface area contributed by atoms with Gasteiger partial charge < -0.3 is 10.6 Å². The lowest BCUT2D eigenvalue weighted by atomic mass is 10.1. The van der Waals surface area contributed by atoms with Crippen molar-refractivity contribution >= 4 is 17.5 Å². The van der Waals surface area contributed by atoms with Crippen molar-refractivity contribution in [2.24, 2.45) is 0 Å². The SMILES string of the molecule is CCNC(=O)c1ccc(NC(=O)c2ccccc2-n2cncn2)c(C)c1. The zero-order chi connectivity index (χ0) is 18.5. The van der Waals surface area contributed by atoms with E-state index in [1.54, 1.807) is 47.4 Å². The quantitative estimate of drug-likeness (QED) is 0.741. The summed E-state index contributed by atoms with van der Waals surface area (Å²) in [5.74, 6) is -0.394. The van der Waals surface area contributed by atoms with Crippen molar-refractivity contribution in [2.75, 3.05) is 11.9 Å². The van der Waals surface area contributed by atoms with Gasteiger partial charge in [-0.25, -0.2) is 9.67 Å². The van der Waals surface area contributed by atoms with Crippen LogP contribution >= 0.6 is 0 Å². The second-order valence-corrected chi connectivity index (χ2v) is 5.70. The molecule has 132 valence electrons. The van der Waals surface area contributed by atoms with Crippen LogP contribution in [0.25, 0.3) is 5.69 Å². The molecule has 0 aliphatic heterocycles. The van der Waals surface area contributed by atoms with Crippen LogP contribution in [0.5, 0.6) is 0 Å². The van der Waals surface area contributed by atoms with E-state index in [4.69, 9.17) is 0 Å². The molecule has 26 heavy (non-hydrogen) atoms. The minimum Gasteiger partial charge on any atom is -0.352 e. The molecule has 2 N–H and O–H groups in total. The summed E-state index contributed by atoms with van der Waals surface area (Å²) in [6.45, 7) is 4.28. The van der Waals surface area contributed by atoms with Gasteiger partial charge in [0, 0.05) is 17.8 Å². The average Bonchev–Trinajstić information content (AvgIpc) is 3.18. The van der Waals surface area contributed by atoms with Gasteiger partial charge in [-0.1, -0.05) is 12.1 Å². The van der Waals surface area contributed by atoms with Crippen molar-refractivity contribution in [1.82, 2.24) is 20.1 Å². The van der Waals surface area contributed by atoms with Gasteiger partial charge in [0.2, 0.25) is 0 Å². The second kappa shape index (κ2) is 7.60. The second-order valence-electron chi connectivity index (χ2n) is 5.70. The lowest BCUT2D eigenvalue weighted by molar-refractivity contribution is 0.0955. The normalized spacial score (nSPS) is 10.4. The van der Waals surface area contributed by atoms with Gasteiger partial charge in [0.1, 0.15) is 12.7 Å². The Morgan fingerprint density at radius 1 is 1.12 bits per heavy atom. The van der Waals surface area contributed by atoms with Crippen molar-refractivity contribution < 1.29 is 9.59 Å². The van der Waals surface area contributed by atoms with E-state index in [0.717, 1.165) is 5.56 Å². The van der Waals surface area contributed by atoms with E-state index in [2.05, 4.69) is 20.7 Å². The van der Waals surface area contributed by atoms with E-state index >= 15 is 0 Å². The van der Waals surface area contributed by atoms with Gasteiger partial charge in [0.15, 0.2) is 0 Å². The number of nitrogens with one attached hydrogen (secondary N) is 2. The van der Waals surface area contributed by atoms with E-state index < -0.39 is 0 Å². The third-order valence-electron chi connectivity index (χ3n) is 3.89. The first-order chi connectivity index (χ1) is 12.6. The number of benzene rings is 2. The first kappa shape index (κ1) is 17.3. The number of hydrogen-bond acceptors (Lipinski definition) is 4. The summed E-state index contributed by atoms with van der Waals surface area (Å²) in [6, 6.07) is 12.3. The van der Waals surface area contributed by atoms with Gasteiger partial charge in [-0.15, -0.1) is 0 Å². The highest BCUT2D eigenvalue weighted by molar-refractivity contribution is 6.07. The highest BCUT2D eigenvalue weighted by Crippen LogP contribution is 2.20. The van der Waals surface area contributed by atoms with Crippen LogP contribution in [0.1, 0.15) is 33.2 Å². The number of hydrogen-bond donors (Lipinski definition) is 2. The first-order valence-electron chi connectivity index (χ1n) is 8.24. The first-order valence-corrected chi connectivity index (χ1v) is 8.24. The molecule has 7 heteroatoms. The fourth-order valence-electron chi connectivity index (χ4n) is 2.60. The fourth-order valence-corrected chi connectivity index (χ4v) is 2.60. The fraction of sp³-hybridized carbons (Fsp3) is 0.158. The highest BCUT2D eigenvalue weighted by Gasteiger charge is 2.15. The number of para-hydroxylation sites is 1. The van der Waals surface area contributed by atoms with Crippen LogP contribution in [0.15, 0.2) is 55.1 Å². The molecular weight excluding hydrogens is 330 g/mol. The molecule has 1 aromatic heterocycles. The van der Waals surface area contributed by atoms with E-state index in [0.29, 0.717) is 29.0 Å². The Balaban J connectivity index is 1.84. The number of anilines is 1. The van der Waals surface area contributed by atoms with E-state index in [-0.39, 0.29) is 11.8 Å². The minimum absolute atomic E-state index is 0.134. The lowest BCUT2D eigenvalue weighted by Crippen LogP contribution is -2.23. The van der Waals surface area contributed by atoms with Crippen molar-refractivity contribution in [1.29, 1.82) is 0 Å². The maximum Gasteiger partial charge on any atom is 0.257 e. The molecule has 3 aromatic rings. The summed E-state index contributed by atoms with van der Waals surface area (Å²) in [6.07, 6.45) is 2.96. The summed E-state index contributed by atoms with van der Waals surface area (Å²) >= 11 is 0. The maximum atomic E-state index is 12.8. The smallest absolute Gasteiger partial charge is 0.257 e. The van der Waals surface area contributed by atoms with Crippen LogP contribution in [0.2, 0.25) is 0 Å². The zero-order valence-corrected chi connectivity index (χ0v) is 14.6. The molecule has 0 bridgehead atoms. The Hall–Kier alpha value is -3.48. The molecule has 2 aromatic carbocycles. The summed E-state index contributed by atoms with van der Waals surface area (Å²) in [5.41, 5.74) is 3.13. The summed E-state index contributed by atoms with van der Waals surface area (Å²) in [7, 11) is 0. The summed E-state index contributed by atoms with van der Waals surface area (Å²) in [4.78, 5) is 28.6. The number of rotatable bonds is 5. The Kier molecular flexibility index (Phi) is 5.07. The molecule has 0 fully saturated rings. The molecule has 0 aliphatic carbocycles. The van der Waals surface area contributed by atoms with Gasteiger partial charge in [0.25, 0.3) is 11.8 Å². The number of aryl methyl sites for hydroxylation is 1. The largest absolute Gasteiger partial charge is 0.352 e. The minimum atomic E-state index is -0.259. The highest BCUT2D eigenvalue weighted by atomic mass is 16.2. The Morgan fingerprint density at radius 3 is 2.62 bits per heavy atom. The van der Waals surface area contributed by atoms with Crippen molar-refractivity contribution in [2.45, 2.75) is 13.8 Å². The topological polar surface area (TPSA) is 88.9 Å². The summed E-state index contributed by atoms with van der Waals surface area (Å²) < 4.78 is 1.54. The molecule has 0 radical (unpaired) electrons. The van der Waals surface area contributed by atoms with Crippen LogP contribution in [-0.2, 0) is 0 Å². The van der Waals surface area contributed by atoms with Crippen molar-refractivity contribution in [3.05, 3.63) is 71.8 Å². The molecule has 0 spiro atoms. The molecular formula is C19H19N5O2. The van der Waals surface area contributed by atoms with Gasteiger partial charge in [0.05, 0.1) is 11.3 Å². The molecule has 0 atom stereocenters. The number of carbonyl (C=O) groups excluding carboxylic acids is 2. The zero-order valence-electron chi connectivity index (χ0n) is 14.6. The standard InChI is InChI=1S/C19H19N5O2/c1-3-21-18(25)14-8-9-16(13(2)10-14)23-19(26)15-6-4-5-7-17(15)24-12-20-11-22-24/h4-12H,3H2,1-2H3,(H,21,25)(H,23,26). The Morgan fingerprint density at radius 2 is 1.92 bits per heavy atom. The predicted molar refractivity (Wildman–Crippen MR) is 98.5 cm³/mol. The van der Waals surface area contributed by atoms with Crippen molar-refractivity contribution in [3.63, 3.8) is 0 Å². The Bertz CT molecular complexity index is 935. The molecule has 0 saturated carbocycles. The third kappa shape index (κ3) is 3.61. The number of nitrogens with zero attached hydrogens (tertiary/aromatic N) is 3. The van der Waals surface area contributed by atoms with E-state index in [9.17, 15) is 9.59 Å². The molecule has 7 nitrogen and oxygen atoms in total. The van der Waals surface area contributed by atoms with Crippen LogP contribution in [-0.4, -0.2) is 33.1 Å². The van der Waals surface area contributed by atoms with Gasteiger partial charge >= 0.3 is 0 Å². The van der Waals surface area contributed by atoms with Crippen LogP contribution in [0.4, 0.5) is 5.69 Å². The molecule has 3 rings (SSSR count).